The third-order valence-corrected chi connectivity index (χ3v) is 3.50. The highest BCUT2D eigenvalue weighted by Gasteiger charge is 2.18. The van der Waals surface area contributed by atoms with Crippen LogP contribution < -0.4 is 4.90 Å². The Morgan fingerprint density at radius 2 is 2.31 bits per heavy atom. The Labute approximate surface area is 99.2 Å². The van der Waals surface area contributed by atoms with E-state index in [1.54, 1.807) is 11.3 Å². The van der Waals surface area contributed by atoms with Gasteiger partial charge in [0.15, 0.2) is 5.13 Å². The highest BCUT2D eigenvalue weighted by molar-refractivity contribution is 7.13. The highest BCUT2D eigenvalue weighted by atomic mass is 32.1. The molecule has 1 fully saturated rings. The zero-order chi connectivity index (χ0) is 11.4. The van der Waals surface area contributed by atoms with E-state index in [9.17, 15) is 4.79 Å². The van der Waals surface area contributed by atoms with Crippen molar-refractivity contribution in [2.75, 3.05) is 31.1 Å². The number of hydrogen-bond acceptors (Lipinski definition) is 4. The average Bonchev–Trinajstić information content (AvgIpc) is 2.73. The molecule has 16 heavy (non-hydrogen) atoms. The van der Waals surface area contributed by atoms with Crippen LogP contribution in [0.3, 0.4) is 0 Å². The van der Waals surface area contributed by atoms with Crippen molar-refractivity contribution in [1.29, 1.82) is 0 Å². The average molecular weight is 237 g/mol. The van der Waals surface area contributed by atoms with E-state index in [1.165, 1.54) is 6.08 Å². The second-order valence-corrected chi connectivity index (χ2v) is 4.56. The van der Waals surface area contributed by atoms with Gasteiger partial charge >= 0.3 is 0 Å². The number of aromatic nitrogens is 1. The third kappa shape index (κ3) is 2.41. The summed E-state index contributed by atoms with van der Waals surface area (Å²) in [6.07, 6.45) is 4.19. The summed E-state index contributed by atoms with van der Waals surface area (Å²) in [6, 6.07) is 0. The van der Waals surface area contributed by atoms with Gasteiger partial charge in [0.25, 0.3) is 0 Å². The number of anilines is 1. The normalized spacial score (nSPS) is 17.0. The summed E-state index contributed by atoms with van der Waals surface area (Å²) in [4.78, 5) is 19.9. The molecule has 1 aliphatic rings. The topological polar surface area (TPSA) is 36.4 Å². The summed E-state index contributed by atoms with van der Waals surface area (Å²) in [6.45, 7) is 6.91. The lowest BCUT2D eigenvalue weighted by molar-refractivity contribution is -0.125. The second kappa shape index (κ2) is 5.12. The van der Waals surface area contributed by atoms with Crippen LogP contribution in [0.4, 0.5) is 5.13 Å². The molecule has 0 aromatic carbocycles. The van der Waals surface area contributed by atoms with Crippen LogP contribution in [-0.4, -0.2) is 42.0 Å². The quantitative estimate of drug-likeness (QED) is 0.729. The summed E-state index contributed by atoms with van der Waals surface area (Å²) in [7, 11) is 0. The molecule has 2 rings (SSSR count). The van der Waals surface area contributed by atoms with E-state index in [4.69, 9.17) is 0 Å². The lowest BCUT2D eigenvalue weighted by Gasteiger charge is -2.20. The molecule has 1 aromatic rings. The summed E-state index contributed by atoms with van der Waals surface area (Å²) >= 11 is 1.65. The second-order valence-electron chi connectivity index (χ2n) is 3.68. The summed E-state index contributed by atoms with van der Waals surface area (Å²) < 4.78 is 0. The number of carbonyl (C=O) groups excluding carboxylic acids is 1. The summed E-state index contributed by atoms with van der Waals surface area (Å²) in [5.74, 6) is 0.0287. The van der Waals surface area contributed by atoms with Gasteiger partial charge in [0.1, 0.15) is 0 Å². The molecular weight excluding hydrogens is 222 g/mol. The van der Waals surface area contributed by atoms with Crippen LogP contribution in [0.15, 0.2) is 24.2 Å². The Balaban J connectivity index is 1.98. The van der Waals surface area contributed by atoms with E-state index in [2.05, 4.69) is 16.5 Å². The molecule has 0 radical (unpaired) electrons. The van der Waals surface area contributed by atoms with Crippen LogP contribution >= 0.6 is 11.3 Å². The van der Waals surface area contributed by atoms with Crippen LogP contribution in [0.5, 0.6) is 0 Å². The fraction of sp³-hybridized carbons (Fsp3) is 0.455. The molecule has 1 amide bonds. The Kier molecular flexibility index (Phi) is 3.56. The van der Waals surface area contributed by atoms with E-state index < -0.39 is 0 Å². The summed E-state index contributed by atoms with van der Waals surface area (Å²) in [5.41, 5.74) is 0. The third-order valence-electron chi connectivity index (χ3n) is 2.67. The lowest BCUT2D eigenvalue weighted by atomic mass is 10.4. The Morgan fingerprint density at radius 3 is 3.00 bits per heavy atom. The van der Waals surface area contributed by atoms with Crippen molar-refractivity contribution in [3.63, 3.8) is 0 Å². The maximum Gasteiger partial charge on any atom is 0.246 e. The van der Waals surface area contributed by atoms with Gasteiger partial charge in [-0.3, -0.25) is 4.79 Å². The molecule has 0 spiro atoms. The highest BCUT2D eigenvalue weighted by Crippen LogP contribution is 2.18. The molecule has 1 saturated heterocycles. The predicted molar refractivity (Wildman–Crippen MR) is 65.7 cm³/mol. The zero-order valence-corrected chi connectivity index (χ0v) is 9.95. The van der Waals surface area contributed by atoms with Gasteiger partial charge < -0.3 is 9.80 Å². The van der Waals surface area contributed by atoms with Crippen molar-refractivity contribution < 1.29 is 4.79 Å². The van der Waals surface area contributed by atoms with E-state index in [-0.39, 0.29) is 5.91 Å². The molecule has 5 heteroatoms. The molecule has 1 aromatic heterocycles. The first kappa shape index (κ1) is 11.1. The molecule has 0 N–H and O–H groups in total. The van der Waals surface area contributed by atoms with Crippen LogP contribution in [-0.2, 0) is 4.79 Å². The predicted octanol–water partition coefficient (Wildman–Crippen LogP) is 1.37. The molecule has 1 aliphatic heterocycles. The minimum absolute atomic E-state index is 0.0287. The molecule has 86 valence electrons. The van der Waals surface area contributed by atoms with Gasteiger partial charge in [-0.25, -0.2) is 4.98 Å². The maximum absolute atomic E-state index is 11.5. The summed E-state index contributed by atoms with van der Waals surface area (Å²) in [5, 5.41) is 3.03. The number of rotatable bonds is 2. The fourth-order valence-corrected chi connectivity index (χ4v) is 2.53. The van der Waals surface area contributed by atoms with Crippen LogP contribution in [0, 0.1) is 0 Å². The van der Waals surface area contributed by atoms with Gasteiger partial charge in [0.05, 0.1) is 0 Å². The van der Waals surface area contributed by atoms with Crippen molar-refractivity contribution in [1.82, 2.24) is 9.88 Å². The number of carbonyl (C=O) groups is 1. The van der Waals surface area contributed by atoms with Gasteiger partial charge in [0, 0.05) is 37.8 Å². The van der Waals surface area contributed by atoms with Crippen molar-refractivity contribution in [3.8, 4) is 0 Å². The monoisotopic (exact) mass is 237 g/mol. The maximum atomic E-state index is 11.5. The Morgan fingerprint density at radius 1 is 1.44 bits per heavy atom. The fourth-order valence-electron chi connectivity index (χ4n) is 1.83. The molecule has 2 heterocycles. The van der Waals surface area contributed by atoms with Gasteiger partial charge in [-0.2, -0.15) is 0 Å². The SMILES string of the molecule is C=CC(=O)N1CCCN(c2nccs2)CC1. The minimum atomic E-state index is 0.0287. The van der Waals surface area contributed by atoms with E-state index in [0.717, 1.165) is 37.7 Å². The van der Waals surface area contributed by atoms with E-state index in [1.807, 2.05) is 16.5 Å². The van der Waals surface area contributed by atoms with E-state index >= 15 is 0 Å². The number of hydrogen-bond donors (Lipinski definition) is 0. The van der Waals surface area contributed by atoms with Crippen molar-refractivity contribution >= 4 is 22.4 Å². The Bertz CT molecular complexity index is 363. The first-order chi connectivity index (χ1) is 7.81. The number of nitrogens with zero attached hydrogens (tertiary/aromatic N) is 3. The molecule has 4 nitrogen and oxygen atoms in total. The molecule has 0 unspecified atom stereocenters. The molecule has 0 aliphatic carbocycles. The van der Waals surface area contributed by atoms with Crippen molar-refractivity contribution in [3.05, 3.63) is 24.2 Å². The van der Waals surface area contributed by atoms with Gasteiger partial charge in [-0.1, -0.05) is 6.58 Å². The van der Waals surface area contributed by atoms with E-state index in [0.29, 0.717) is 0 Å². The van der Waals surface area contributed by atoms with Crippen LogP contribution in [0.25, 0.3) is 0 Å². The number of amides is 1. The van der Waals surface area contributed by atoms with Gasteiger partial charge in [0.2, 0.25) is 5.91 Å². The zero-order valence-electron chi connectivity index (χ0n) is 9.13. The van der Waals surface area contributed by atoms with Gasteiger partial charge in [-0.15, -0.1) is 11.3 Å². The Hall–Kier alpha value is -1.36. The van der Waals surface area contributed by atoms with Crippen LogP contribution in [0.2, 0.25) is 0 Å². The van der Waals surface area contributed by atoms with Crippen molar-refractivity contribution in [2.45, 2.75) is 6.42 Å². The first-order valence-corrected chi connectivity index (χ1v) is 6.25. The molecule has 0 bridgehead atoms. The molecular formula is C11H15N3OS. The minimum Gasteiger partial charge on any atom is -0.346 e. The first-order valence-electron chi connectivity index (χ1n) is 5.37. The van der Waals surface area contributed by atoms with Crippen LogP contribution in [0.1, 0.15) is 6.42 Å². The largest absolute Gasteiger partial charge is 0.346 e. The van der Waals surface area contributed by atoms with Crippen molar-refractivity contribution in [2.24, 2.45) is 0 Å². The van der Waals surface area contributed by atoms with Gasteiger partial charge in [-0.05, 0) is 12.5 Å². The molecule has 0 saturated carbocycles. The number of thiazole rings is 1. The lowest BCUT2D eigenvalue weighted by Crippen LogP contribution is -2.34. The molecule has 0 atom stereocenters. The standard InChI is InChI=1S/C11H15N3OS/c1-2-10(15)13-5-3-6-14(8-7-13)11-12-4-9-16-11/h2,4,9H,1,3,5-8H2. The smallest absolute Gasteiger partial charge is 0.246 e.